The zero-order chi connectivity index (χ0) is 9.10. The van der Waals surface area contributed by atoms with E-state index in [1.54, 1.807) is 7.11 Å². The normalized spacial score (nSPS) is 14.8. The van der Waals surface area contributed by atoms with Gasteiger partial charge in [-0.05, 0) is 18.6 Å². The molecule has 0 saturated heterocycles. The molecule has 0 atom stereocenters. The first kappa shape index (κ1) is 8.23. The van der Waals surface area contributed by atoms with Gasteiger partial charge >= 0.3 is 0 Å². The molecule has 1 aromatic carbocycles. The summed E-state index contributed by atoms with van der Waals surface area (Å²) in [6, 6.07) is 5.87. The third-order valence-corrected chi connectivity index (χ3v) is 2.08. The van der Waals surface area contributed by atoms with E-state index in [9.17, 15) is 0 Å². The summed E-state index contributed by atoms with van der Waals surface area (Å²) >= 11 is 0. The fraction of sp³-hybridized carbons (Fsp3) is 0.400. The summed E-state index contributed by atoms with van der Waals surface area (Å²) in [7, 11) is 1.66. The summed E-state index contributed by atoms with van der Waals surface area (Å²) in [5.74, 6) is 1.63. The molecule has 0 fully saturated rings. The Kier molecular flexibility index (Phi) is 2.25. The summed E-state index contributed by atoms with van der Waals surface area (Å²) in [6.07, 6.45) is 1.03. The van der Waals surface area contributed by atoms with Crippen LogP contribution in [0, 0.1) is 0 Å². The van der Waals surface area contributed by atoms with Crippen molar-refractivity contribution in [3.05, 3.63) is 18.2 Å². The third kappa shape index (κ3) is 1.54. The maximum absolute atomic E-state index is 5.58. The van der Waals surface area contributed by atoms with Gasteiger partial charge in [-0.3, -0.25) is 0 Å². The number of anilines is 1. The molecular weight excluding hydrogens is 166 g/mol. The van der Waals surface area contributed by atoms with Crippen molar-refractivity contribution in [1.82, 2.24) is 0 Å². The number of hydrogen-bond acceptors (Lipinski definition) is 3. The van der Waals surface area contributed by atoms with Gasteiger partial charge < -0.3 is 14.8 Å². The Bertz CT molecular complexity index is 299. The fourth-order valence-electron chi connectivity index (χ4n) is 1.43. The van der Waals surface area contributed by atoms with Crippen LogP contribution in [-0.4, -0.2) is 20.3 Å². The van der Waals surface area contributed by atoms with Crippen LogP contribution < -0.4 is 14.8 Å². The van der Waals surface area contributed by atoms with Gasteiger partial charge in [0.2, 0.25) is 0 Å². The van der Waals surface area contributed by atoms with Crippen LogP contribution in [0.4, 0.5) is 5.69 Å². The smallest absolute Gasteiger partial charge is 0.184 e. The summed E-state index contributed by atoms with van der Waals surface area (Å²) < 4.78 is 10.8. The first-order valence-corrected chi connectivity index (χ1v) is 4.45. The van der Waals surface area contributed by atoms with Gasteiger partial charge in [-0.1, -0.05) is 6.07 Å². The molecule has 0 amide bonds. The molecule has 2 rings (SSSR count). The monoisotopic (exact) mass is 179 g/mol. The minimum absolute atomic E-state index is 0.750. The van der Waals surface area contributed by atoms with Gasteiger partial charge in [-0.15, -0.1) is 0 Å². The summed E-state index contributed by atoms with van der Waals surface area (Å²) in [4.78, 5) is 0. The van der Waals surface area contributed by atoms with Crippen LogP contribution in [0.3, 0.4) is 0 Å². The van der Waals surface area contributed by atoms with Crippen molar-refractivity contribution >= 4 is 5.69 Å². The zero-order valence-corrected chi connectivity index (χ0v) is 7.67. The van der Waals surface area contributed by atoms with Crippen molar-refractivity contribution in [2.24, 2.45) is 0 Å². The predicted octanol–water partition coefficient (Wildman–Crippen LogP) is 1.89. The molecule has 1 aromatic rings. The molecule has 1 aliphatic heterocycles. The van der Waals surface area contributed by atoms with E-state index in [2.05, 4.69) is 5.32 Å². The van der Waals surface area contributed by atoms with E-state index in [1.807, 2.05) is 18.2 Å². The van der Waals surface area contributed by atoms with Gasteiger partial charge in [0.25, 0.3) is 0 Å². The van der Waals surface area contributed by atoms with Gasteiger partial charge in [-0.25, -0.2) is 0 Å². The molecule has 0 aliphatic carbocycles. The average Bonchev–Trinajstić information content (AvgIpc) is 2.41. The Morgan fingerprint density at radius 2 is 2.38 bits per heavy atom. The van der Waals surface area contributed by atoms with E-state index >= 15 is 0 Å². The van der Waals surface area contributed by atoms with Crippen molar-refractivity contribution in [3.63, 3.8) is 0 Å². The third-order valence-electron chi connectivity index (χ3n) is 2.08. The van der Waals surface area contributed by atoms with Crippen LogP contribution in [0.1, 0.15) is 6.42 Å². The standard InChI is InChI=1S/C10H13NO2/c1-12-9-5-2-4-8-10(9)13-7-3-6-11-8/h2,4-5,11H,3,6-7H2,1H3. The number of methoxy groups -OCH3 is 1. The summed E-state index contributed by atoms with van der Waals surface area (Å²) in [5.41, 5.74) is 1.02. The van der Waals surface area contributed by atoms with Crippen molar-refractivity contribution in [2.45, 2.75) is 6.42 Å². The van der Waals surface area contributed by atoms with E-state index in [4.69, 9.17) is 9.47 Å². The molecule has 0 bridgehead atoms. The predicted molar refractivity (Wildman–Crippen MR) is 51.6 cm³/mol. The lowest BCUT2D eigenvalue weighted by molar-refractivity contribution is 0.299. The molecule has 0 radical (unpaired) electrons. The van der Waals surface area contributed by atoms with Gasteiger partial charge in [0.05, 0.1) is 19.4 Å². The van der Waals surface area contributed by atoms with Gasteiger partial charge in [0, 0.05) is 6.54 Å². The Hall–Kier alpha value is -1.38. The molecular formula is C10H13NO2. The highest BCUT2D eigenvalue weighted by atomic mass is 16.5. The van der Waals surface area contributed by atoms with E-state index in [-0.39, 0.29) is 0 Å². The number of ether oxygens (including phenoxy) is 2. The molecule has 0 unspecified atom stereocenters. The summed E-state index contributed by atoms with van der Waals surface area (Å²) in [5, 5.41) is 3.29. The maximum atomic E-state index is 5.58. The molecule has 1 heterocycles. The van der Waals surface area contributed by atoms with Crippen LogP contribution in [0.25, 0.3) is 0 Å². The second-order valence-electron chi connectivity index (χ2n) is 2.97. The van der Waals surface area contributed by atoms with E-state index in [0.29, 0.717) is 0 Å². The lowest BCUT2D eigenvalue weighted by Gasteiger charge is -2.11. The van der Waals surface area contributed by atoms with E-state index < -0.39 is 0 Å². The molecule has 1 N–H and O–H groups in total. The summed E-state index contributed by atoms with van der Waals surface area (Å²) in [6.45, 7) is 1.71. The van der Waals surface area contributed by atoms with Crippen molar-refractivity contribution < 1.29 is 9.47 Å². The highest BCUT2D eigenvalue weighted by Crippen LogP contribution is 2.36. The SMILES string of the molecule is COc1cccc2c1OCCCN2. The Balaban J connectivity index is 2.40. The number of nitrogens with one attached hydrogen (secondary N) is 1. The number of para-hydroxylation sites is 1. The van der Waals surface area contributed by atoms with E-state index in [0.717, 1.165) is 36.8 Å². The highest BCUT2D eigenvalue weighted by molar-refractivity contribution is 5.63. The van der Waals surface area contributed by atoms with Crippen molar-refractivity contribution in [3.8, 4) is 11.5 Å². The first-order chi connectivity index (χ1) is 6.42. The van der Waals surface area contributed by atoms with Gasteiger partial charge in [0.1, 0.15) is 0 Å². The van der Waals surface area contributed by atoms with Crippen molar-refractivity contribution in [2.75, 3.05) is 25.6 Å². The minimum atomic E-state index is 0.750. The number of fused-ring (bicyclic) bond motifs is 1. The molecule has 0 spiro atoms. The Labute approximate surface area is 77.7 Å². The molecule has 3 heteroatoms. The Morgan fingerprint density at radius 1 is 1.46 bits per heavy atom. The molecule has 1 aliphatic rings. The van der Waals surface area contributed by atoms with Crippen LogP contribution in [0.2, 0.25) is 0 Å². The molecule has 13 heavy (non-hydrogen) atoms. The van der Waals surface area contributed by atoms with Gasteiger partial charge in [0.15, 0.2) is 11.5 Å². The molecule has 3 nitrogen and oxygen atoms in total. The number of hydrogen-bond donors (Lipinski definition) is 1. The molecule has 70 valence electrons. The maximum Gasteiger partial charge on any atom is 0.184 e. The van der Waals surface area contributed by atoms with Crippen LogP contribution in [0.15, 0.2) is 18.2 Å². The number of benzene rings is 1. The van der Waals surface area contributed by atoms with Gasteiger partial charge in [-0.2, -0.15) is 0 Å². The first-order valence-electron chi connectivity index (χ1n) is 4.45. The highest BCUT2D eigenvalue weighted by Gasteiger charge is 2.12. The lowest BCUT2D eigenvalue weighted by Crippen LogP contribution is -1.99. The lowest BCUT2D eigenvalue weighted by atomic mass is 10.2. The quantitative estimate of drug-likeness (QED) is 0.714. The zero-order valence-electron chi connectivity index (χ0n) is 7.67. The largest absolute Gasteiger partial charge is 0.493 e. The average molecular weight is 179 g/mol. The molecule has 0 aromatic heterocycles. The van der Waals surface area contributed by atoms with Crippen LogP contribution in [-0.2, 0) is 0 Å². The fourth-order valence-corrected chi connectivity index (χ4v) is 1.43. The number of rotatable bonds is 1. The Morgan fingerprint density at radius 3 is 3.23 bits per heavy atom. The topological polar surface area (TPSA) is 30.5 Å². The second kappa shape index (κ2) is 3.56. The molecule has 0 saturated carbocycles. The second-order valence-corrected chi connectivity index (χ2v) is 2.97. The van der Waals surface area contributed by atoms with E-state index in [1.165, 1.54) is 0 Å². The van der Waals surface area contributed by atoms with Crippen LogP contribution in [0.5, 0.6) is 11.5 Å². The minimum Gasteiger partial charge on any atom is -0.493 e. The van der Waals surface area contributed by atoms with Crippen molar-refractivity contribution in [1.29, 1.82) is 0 Å². The van der Waals surface area contributed by atoms with Crippen LogP contribution >= 0.6 is 0 Å².